The SMILES string of the molecule is Cc1ccc(S(=O)(=O)CCC(=O)N(Cc2ccccc2)Cc2ccccc2)cc1. The van der Waals surface area contributed by atoms with Gasteiger partial charge in [-0.3, -0.25) is 4.79 Å². The molecule has 4 nitrogen and oxygen atoms in total. The highest BCUT2D eigenvalue weighted by atomic mass is 32.2. The summed E-state index contributed by atoms with van der Waals surface area (Å²) in [7, 11) is -3.50. The molecule has 0 aliphatic carbocycles. The normalized spacial score (nSPS) is 11.2. The average Bonchev–Trinajstić information content (AvgIpc) is 2.73. The van der Waals surface area contributed by atoms with Crippen LogP contribution in [0.25, 0.3) is 0 Å². The zero-order chi connectivity index (χ0) is 20.7. The Morgan fingerprint density at radius 3 is 1.72 bits per heavy atom. The van der Waals surface area contributed by atoms with Gasteiger partial charge < -0.3 is 4.90 Å². The minimum Gasteiger partial charge on any atom is -0.334 e. The summed E-state index contributed by atoms with van der Waals surface area (Å²) < 4.78 is 25.2. The van der Waals surface area contributed by atoms with Gasteiger partial charge in [0.05, 0.1) is 10.6 Å². The lowest BCUT2D eigenvalue weighted by Gasteiger charge is -2.23. The van der Waals surface area contributed by atoms with Gasteiger partial charge in [0.25, 0.3) is 0 Å². The average molecular weight is 408 g/mol. The second-order valence-corrected chi connectivity index (χ2v) is 9.21. The Morgan fingerprint density at radius 1 is 0.759 bits per heavy atom. The van der Waals surface area contributed by atoms with Gasteiger partial charge >= 0.3 is 0 Å². The molecule has 0 unspecified atom stereocenters. The van der Waals surface area contributed by atoms with Crippen LogP contribution in [-0.2, 0) is 27.7 Å². The maximum Gasteiger partial charge on any atom is 0.224 e. The fourth-order valence-corrected chi connectivity index (χ4v) is 4.31. The molecule has 0 bridgehead atoms. The molecule has 3 rings (SSSR count). The minimum atomic E-state index is -3.50. The van der Waals surface area contributed by atoms with Crippen LogP contribution in [-0.4, -0.2) is 25.0 Å². The van der Waals surface area contributed by atoms with Crippen molar-refractivity contribution in [3.05, 3.63) is 102 Å². The first-order valence-corrected chi connectivity index (χ1v) is 11.2. The highest BCUT2D eigenvalue weighted by Crippen LogP contribution is 2.16. The molecule has 0 aliphatic rings. The summed E-state index contributed by atoms with van der Waals surface area (Å²) in [5, 5.41) is 0. The smallest absolute Gasteiger partial charge is 0.224 e. The summed E-state index contributed by atoms with van der Waals surface area (Å²) in [6.07, 6.45) is -0.0458. The Labute approximate surface area is 172 Å². The molecule has 0 N–H and O–H groups in total. The molecule has 150 valence electrons. The molecular formula is C24H25NO3S. The van der Waals surface area contributed by atoms with E-state index in [4.69, 9.17) is 0 Å². The molecule has 1 amide bonds. The number of benzene rings is 3. The van der Waals surface area contributed by atoms with Crippen molar-refractivity contribution in [2.75, 3.05) is 5.75 Å². The van der Waals surface area contributed by atoms with Crippen molar-refractivity contribution in [2.45, 2.75) is 31.3 Å². The standard InChI is InChI=1S/C24H25NO3S/c1-20-12-14-23(15-13-20)29(27,28)17-16-24(26)25(18-21-8-4-2-5-9-21)19-22-10-6-3-7-11-22/h2-15H,16-19H2,1H3. The first-order chi connectivity index (χ1) is 13.9. The van der Waals surface area contributed by atoms with E-state index >= 15 is 0 Å². The lowest BCUT2D eigenvalue weighted by atomic mass is 10.1. The number of hydrogen-bond acceptors (Lipinski definition) is 3. The predicted octanol–water partition coefficient (Wildman–Crippen LogP) is 4.39. The summed E-state index contributed by atoms with van der Waals surface area (Å²) in [6.45, 7) is 2.79. The third-order valence-electron chi connectivity index (χ3n) is 4.75. The zero-order valence-corrected chi connectivity index (χ0v) is 17.3. The van der Waals surface area contributed by atoms with Crippen molar-refractivity contribution >= 4 is 15.7 Å². The molecule has 0 heterocycles. The van der Waals surface area contributed by atoms with Crippen LogP contribution in [0.2, 0.25) is 0 Å². The summed E-state index contributed by atoms with van der Waals surface area (Å²) in [6, 6.07) is 26.2. The van der Waals surface area contributed by atoms with Crippen molar-refractivity contribution in [3.63, 3.8) is 0 Å². The zero-order valence-electron chi connectivity index (χ0n) is 16.5. The molecule has 3 aromatic rings. The second-order valence-electron chi connectivity index (χ2n) is 7.10. The van der Waals surface area contributed by atoms with Gasteiger partial charge in [0.1, 0.15) is 0 Å². The monoisotopic (exact) mass is 407 g/mol. The maximum absolute atomic E-state index is 12.9. The van der Waals surface area contributed by atoms with Crippen molar-refractivity contribution in [3.8, 4) is 0 Å². The van der Waals surface area contributed by atoms with Crippen molar-refractivity contribution in [1.82, 2.24) is 4.90 Å². The molecule has 3 aromatic carbocycles. The Bertz CT molecular complexity index is 989. The van der Waals surface area contributed by atoms with E-state index in [9.17, 15) is 13.2 Å². The van der Waals surface area contributed by atoms with Crippen LogP contribution in [0.5, 0.6) is 0 Å². The fourth-order valence-electron chi connectivity index (χ4n) is 3.08. The fraction of sp³-hybridized carbons (Fsp3) is 0.208. The highest BCUT2D eigenvalue weighted by molar-refractivity contribution is 7.91. The van der Waals surface area contributed by atoms with E-state index in [0.29, 0.717) is 13.1 Å². The van der Waals surface area contributed by atoms with Gasteiger partial charge in [-0.1, -0.05) is 78.4 Å². The third kappa shape index (κ3) is 6.03. The van der Waals surface area contributed by atoms with Gasteiger partial charge in [0.2, 0.25) is 5.91 Å². The van der Waals surface area contributed by atoms with Crippen LogP contribution in [0.1, 0.15) is 23.1 Å². The van der Waals surface area contributed by atoms with E-state index < -0.39 is 9.84 Å². The quantitative estimate of drug-likeness (QED) is 0.557. The second kappa shape index (κ2) is 9.52. The molecule has 0 aromatic heterocycles. The third-order valence-corrected chi connectivity index (χ3v) is 6.48. The first-order valence-electron chi connectivity index (χ1n) is 9.59. The van der Waals surface area contributed by atoms with Crippen molar-refractivity contribution < 1.29 is 13.2 Å². The maximum atomic E-state index is 12.9. The Balaban J connectivity index is 1.72. The topological polar surface area (TPSA) is 54.5 Å². The van der Waals surface area contributed by atoms with Crippen molar-refractivity contribution in [1.29, 1.82) is 0 Å². The van der Waals surface area contributed by atoms with E-state index in [-0.39, 0.29) is 23.0 Å². The number of hydrogen-bond donors (Lipinski definition) is 0. The molecule has 0 saturated carbocycles. The lowest BCUT2D eigenvalue weighted by Crippen LogP contribution is -2.31. The molecule has 0 aliphatic heterocycles. The Morgan fingerprint density at radius 2 is 1.24 bits per heavy atom. The minimum absolute atomic E-state index is 0.0458. The van der Waals surface area contributed by atoms with Gasteiger partial charge in [0, 0.05) is 19.5 Å². The molecule has 0 saturated heterocycles. The van der Waals surface area contributed by atoms with Crippen LogP contribution >= 0.6 is 0 Å². The van der Waals surface area contributed by atoms with Gasteiger partial charge in [-0.25, -0.2) is 8.42 Å². The Hall–Kier alpha value is -2.92. The summed E-state index contributed by atoms with van der Waals surface area (Å²) in [5.74, 6) is -0.372. The molecule has 0 fully saturated rings. The van der Waals surface area contributed by atoms with Crippen LogP contribution in [0.4, 0.5) is 0 Å². The molecule has 5 heteroatoms. The van der Waals surface area contributed by atoms with Gasteiger partial charge in [0.15, 0.2) is 9.84 Å². The summed E-state index contributed by atoms with van der Waals surface area (Å²) >= 11 is 0. The summed E-state index contributed by atoms with van der Waals surface area (Å²) in [4.78, 5) is 14.9. The molecule has 0 radical (unpaired) electrons. The number of carbonyl (C=O) groups excluding carboxylic acids is 1. The number of rotatable bonds is 8. The van der Waals surface area contributed by atoms with Gasteiger partial charge in [-0.15, -0.1) is 0 Å². The molecule has 29 heavy (non-hydrogen) atoms. The molecular weight excluding hydrogens is 382 g/mol. The molecule has 0 spiro atoms. The first kappa shape index (κ1) is 20.8. The highest BCUT2D eigenvalue weighted by Gasteiger charge is 2.20. The lowest BCUT2D eigenvalue weighted by molar-refractivity contribution is -0.132. The van der Waals surface area contributed by atoms with E-state index in [1.54, 1.807) is 29.2 Å². The van der Waals surface area contributed by atoms with Gasteiger partial charge in [-0.2, -0.15) is 0 Å². The number of sulfone groups is 1. The number of aryl methyl sites for hydroxylation is 1. The van der Waals surface area contributed by atoms with Crippen molar-refractivity contribution in [2.24, 2.45) is 0 Å². The predicted molar refractivity (Wildman–Crippen MR) is 115 cm³/mol. The molecule has 0 atom stereocenters. The van der Waals surface area contributed by atoms with Crippen LogP contribution in [0.15, 0.2) is 89.8 Å². The van der Waals surface area contributed by atoms with Gasteiger partial charge in [-0.05, 0) is 30.2 Å². The number of nitrogens with zero attached hydrogens (tertiary/aromatic N) is 1. The van der Waals surface area contributed by atoms with Crippen LogP contribution in [0, 0.1) is 6.92 Å². The van der Waals surface area contributed by atoms with E-state index in [2.05, 4.69) is 0 Å². The number of amides is 1. The van der Waals surface area contributed by atoms with E-state index in [0.717, 1.165) is 16.7 Å². The van der Waals surface area contributed by atoms with Crippen LogP contribution in [0.3, 0.4) is 0 Å². The largest absolute Gasteiger partial charge is 0.334 e. The Kier molecular flexibility index (Phi) is 6.83. The number of carbonyl (C=O) groups is 1. The van der Waals surface area contributed by atoms with E-state index in [1.165, 1.54) is 0 Å². The van der Waals surface area contributed by atoms with E-state index in [1.807, 2.05) is 67.6 Å². The summed E-state index contributed by atoms with van der Waals surface area (Å²) in [5.41, 5.74) is 3.02. The van der Waals surface area contributed by atoms with Crippen LogP contribution < -0.4 is 0 Å².